The van der Waals surface area contributed by atoms with Gasteiger partial charge in [-0.2, -0.15) is 0 Å². The number of anilines is 1. The number of benzene rings is 2. The van der Waals surface area contributed by atoms with Crippen LogP contribution in [0.2, 0.25) is 0 Å². The second kappa shape index (κ2) is 5.73. The normalized spacial score (nSPS) is 10.8. The molecule has 5 heteroatoms. The number of rotatable bonds is 4. The van der Waals surface area contributed by atoms with Gasteiger partial charge in [0.05, 0.1) is 5.69 Å². The first-order chi connectivity index (χ1) is 9.06. The Balaban J connectivity index is 2.02. The van der Waals surface area contributed by atoms with Crippen molar-refractivity contribution in [2.45, 2.75) is 13.0 Å². The number of alkyl halides is 2. The Morgan fingerprint density at radius 1 is 0.947 bits per heavy atom. The molecule has 100 valence electrons. The van der Waals surface area contributed by atoms with Crippen LogP contribution < -0.4 is 5.32 Å². The summed E-state index contributed by atoms with van der Waals surface area (Å²) in [6, 6.07) is 8.93. The van der Waals surface area contributed by atoms with Gasteiger partial charge in [0, 0.05) is 18.2 Å². The average Bonchev–Trinajstić information content (AvgIpc) is 2.38. The summed E-state index contributed by atoms with van der Waals surface area (Å²) < 4.78 is 50.7. The van der Waals surface area contributed by atoms with E-state index in [0.29, 0.717) is 0 Å². The third-order valence-electron chi connectivity index (χ3n) is 2.65. The quantitative estimate of drug-likeness (QED) is 0.805. The molecule has 0 aliphatic rings. The maximum absolute atomic E-state index is 13.3. The molecule has 0 bridgehead atoms. The Hall–Kier alpha value is -2.04. The van der Waals surface area contributed by atoms with Crippen LogP contribution in [0.1, 0.15) is 17.6 Å². The number of nitrogens with one attached hydrogen (secondary N) is 1. The summed E-state index contributed by atoms with van der Waals surface area (Å²) in [6.07, 6.45) is -2.50. The van der Waals surface area contributed by atoms with Gasteiger partial charge in [0.2, 0.25) is 0 Å². The van der Waals surface area contributed by atoms with Crippen LogP contribution in [0.3, 0.4) is 0 Å². The third kappa shape index (κ3) is 3.47. The molecule has 0 heterocycles. The molecule has 0 aromatic heterocycles. The smallest absolute Gasteiger partial charge is 0.263 e. The molecule has 0 aliphatic heterocycles. The highest BCUT2D eigenvalue weighted by atomic mass is 19.3. The van der Waals surface area contributed by atoms with Crippen molar-refractivity contribution in [3.05, 3.63) is 65.2 Å². The molecule has 19 heavy (non-hydrogen) atoms. The molecule has 0 atom stereocenters. The summed E-state index contributed by atoms with van der Waals surface area (Å²) in [7, 11) is 0. The van der Waals surface area contributed by atoms with E-state index in [2.05, 4.69) is 5.32 Å². The fraction of sp³-hybridized carbons (Fsp3) is 0.143. The van der Waals surface area contributed by atoms with Gasteiger partial charge in [0.1, 0.15) is 11.6 Å². The fourth-order valence-corrected chi connectivity index (χ4v) is 1.61. The monoisotopic (exact) mass is 269 g/mol. The molecule has 0 unspecified atom stereocenters. The van der Waals surface area contributed by atoms with Crippen molar-refractivity contribution >= 4 is 5.69 Å². The first kappa shape index (κ1) is 13.4. The molecule has 2 rings (SSSR count). The largest absolute Gasteiger partial charge is 0.379 e. The summed E-state index contributed by atoms with van der Waals surface area (Å²) in [5.41, 5.74) is 0.837. The molecule has 1 N–H and O–H groups in total. The van der Waals surface area contributed by atoms with Gasteiger partial charge in [-0.1, -0.05) is 24.3 Å². The van der Waals surface area contributed by atoms with Crippen LogP contribution in [0.25, 0.3) is 0 Å². The van der Waals surface area contributed by atoms with Crippen LogP contribution in [0.15, 0.2) is 42.5 Å². The zero-order valence-corrected chi connectivity index (χ0v) is 9.84. The third-order valence-corrected chi connectivity index (χ3v) is 2.65. The van der Waals surface area contributed by atoms with Gasteiger partial charge in [0.25, 0.3) is 6.43 Å². The minimum atomic E-state index is -2.50. The second-order valence-electron chi connectivity index (χ2n) is 4.02. The van der Waals surface area contributed by atoms with E-state index in [4.69, 9.17) is 0 Å². The van der Waals surface area contributed by atoms with Crippen LogP contribution in [0.5, 0.6) is 0 Å². The second-order valence-corrected chi connectivity index (χ2v) is 4.02. The van der Waals surface area contributed by atoms with Crippen LogP contribution in [0.4, 0.5) is 23.2 Å². The van der Waals surface area contributed by atoms with Crippen molar-refractivity contribution in [3.63, 3.8) is 0 Å². The molecule has 0 radical (unpaired) electrons. The molecular weight excluding hydrogens is 258 g/mol. The molecule has 2 aromatic rings. The van der Waals surface area contributed by atoms with E-state index < -0.39 is 18.1 Å². The molecule has 1 nitrogen and oxygen atoms in total. The number of halogens is 4. The van der Waals surface area contributed by atoms with Crippen LogP contribution >= 0.6 is 0 Å². The van der Waals surface area contributed by atoms with E-state index >= 15 is 0 Å². The van der Waals surface area contributed by atoms with E-state index in [9.17, 15) is 17.6 Å². The Kier molecular flexibility index (Phi) is 4.04. The first-order valence-electron chi connectivity index (χ1n) is 5.62. The lowest BCUT2D eigenvalue weighted by Gasteiger charge is -2.08. The lowest BCUT2D eigenvalue weighted by Crippen LogP contribution is -2.01. The van der Waals surface area contributed by atoms with Gasteiger partial charge in [0.15, 0.2) is 0 Å². The highest BCUT2D eigenvalue weighted by molar-refractivity contribution is 5.45. The molecule has 0 saturated carbocycles. The van der Waals surface area contributed by atoms with Crippen molar-refractivity contribution in [3.8, 4) is 0 Å². The van der Waals surface area contributed by atoms with Gasteiger partial charge in [-0.3, -0.25) is 0 Å². The van der Waals surface area contributed by atoms with Gasteiger partial charge in [-0.15, -0.1) is 0 Å². The Bertz CT molecular complexity index is 552. The molecule has 0 saturated heterocycles. The summed E-state index contributed by atoms with van der Waals surface area (Å²) >= 11 is 0. The predicted molar refractivity (Wildman–Crippen MR) is 65.1 cm³/mol. The minimum Gasteiger partial charge on any atom is -0.379 e. The maximum atomic E-state index is 13.3. The van der Waals surface area contributed by atoms with E-state index in [0.717, 1.165) is 17.7 Å². The summed E-state index contributed by atoms with van der Waals surface area (Å²) in [4.78, 5) is 0. The van der Waals surface area contributed by atoms with Gasteiger partial charge < -0.3 is 5.32 Å². The van der Waals surface area contributed by atoms with Crippen molar-refractivity contribution < 1.29 is 17.6 Å². The topological polar surface area (TPSA) is 12.0 Å². The first-order valence-corrected chi connectivity index (χ1v) is 5.62. The highest BCUT2D eigenvalue weighted by Gasteiger charge is 2.06. The molecule has 0 spiro atoms. The lowest BCUT2D eigenvalue weighted by atomic mass is 10.1. The molecule has 0 aliphatic carbocycles. The number of hydrogen-bond donors (Lipinski definition) is 1. The van der Waals surface area contributed by atoms with Gasteiger partial charge in [-0.25, -0.2) is 17.6 Å². The van der Waals surface area contributed by atoms with E-state index in [-0.39, 0.29) is 17.8 Å². The Morgan fingerprint density at radius 3 is 2.21 bits per heavy atom. The molecule has 0 amide bonds. The van der Waals surface area contributed by atoms with Crippen LogP contribution in [-0.4, -0.2) is 0 Å². The number of hydrogen-bond acceptors (Lipinski definition) is 1. The summed E-state index contributed by atoms with van der Waals surface area (Å²) in [5, 5.41) is 2.78. The van der Waals surface area contributed by atoms with Gasteiger partial charge >= 0.3 is 0 Å². The van der Waals surface area contributed by atoms with Crippen molar-refractivity contribution in [2.24, 2.45) is 0 Å². The van der Waals surface area contributed by atoms with Crippen LogP contribution in [-0.2, 0) is 6.54 Å². The van der Waals surface area contributed by atoms with Crippen molar-refractivity contribution in [1.82, 2.24) is 0 Å². The van der Waals surface area contributed by atoms with Gasteiger partial charge in [-0.05, 0) is 17.7 Å². The minimum absolute atomic E-state index is 0.0586. The predicted octanol–water partition coefficient (Wildman–Crippen LogP) is 4.51. The Labute approximate surface area is 107 Å². The van der Waals surface area contributed by atoms with E-state index in [1.165, 1.54) is 30.3 Å². The lowest BCUT2D eigenvalue weighted by molar-refractivity contribution is 0.151. The molecular formula is C14H11F4N. The summed E-state index contributed by atoms with van der Waals surface area (Å²) in [6.45, 7) is 0.270. The summed E-state index contributed by atoms with van der Waals surface area (Å²) in [5.74, 6) is -1.34. The zero-order chi connectivity index (χ0) is 13.8. The standard InChI is InChI=1S/C14H11F4N/c15-11-5-6-13(12(16)7-11)19-8-9-1-3-10(4-2-9)14(17)18/h1-7,14,19H,8H2. The van der Waals surface area contributed by atoms with Crippen molar-refractivity contribution in [2.75, 3.05) is 5.32 Å². The van der Waals surface area contributed by atoms with E-state index in [1.807, 2.05) is 0 Å². The fourth-order valence-electron chi connectivity index (χ4n) is 1.61. The molecule has 0 fully saturated rings. The molecule has 2 aromatic carbocycles. The van der Waals surface area contributed by atoms with E-state index in [1.54, 1.807) is 0 Å². The zero-order valence-electron chi connectivity index (χ0n) is 9.84. The SMILES string of the molecule is Fc1ccc(NCc2ccc(C(F)F)cc2)c(F)c1. The highest BCUT2D eigenvalue weighted by Crippen LogP contribution is 2.20. The maximum Gasteiger partial charge on any atom is 0.263 e. The van der Waals surface area contributed by atoms with Crippen LogP contribution in [0, 0.1) is 11.6 Å². The Morgan fingerprint density at radius 2 is 1.63 bits per heavy atom. The average molecular weight is 269 g/mol. The van der Waals surface area contributed by atoms with Crippen molar-refractivity contribution in [1.29, 1.82) is 0 Å².